The lowest BCUT2D eigenvalue weighted by atomic mass is 10.3. The molecule has 122 valence electrons. The fourth-order valence-electron chi connectivity index (χ4n) is 1.81. The van der Waals surface area contributed by atoms with Crippen LogP contribution in [-0.2, 0) is 14.6 Å². The third kappa shape index (κ3) is 5.19. The number of thiophene rings is 1. The van der Waals surface area contributed by atoms with Crippen molar-refractivity contribution in [2.45, 2.75) is 11.3 Å². The number of hydrogen-bond donors (Lipinski definition) is 2. The van der Waals surface area contributed by atoms with E-state index in [1.807, 2.05) is 0 Å². The largest absolute Gasteiger partial charge is 0.351 e. The Hall–Kier alpha value is -2.19. The molecule has 0 aliphatic carbocycles. The van der Waals surface area contributed by atoms with Gasteiger partial charge in [-0.25, -0.2) is 8.42 Å². The van der Waals surface area contributed by atoms with Crippen molar-refractivity contribution < 1.29 is 18.0 Å². The van der Waals surface area contributed by atoms with Crippen molar-refractivity contribution in [1.29, 1.82) is 0 Å². The van der Waals surface area contributed by atoms with Gasteiger partial charge in [-0.15, -0.1) is 11.3 Å². The van der Waals surface area contributed by atoms with E-state index in [0.717, 1.165) is 6.26 Å². The fraction of sp³-hybridized carbons (Fsp3) is 0.200. The molecule has 1 aromatic carbocycles. The van der Waals surface area contributed by atoms with Crippen molar-refractivity contribution >= 4 is 38.7 Å². The number of anilines is 1. The van der Waals surface area contributed by atoms with Gasteiger partial charge in [-0.05, 0) is 29.6 Å². The number of carbonyl (C=O) groups excluding carboxylic acids is 2. The lowest BCUT2D eigenvalue weighted by Gasteiger charge is -2.07. The van der Waals surface area contributed by atoms with Gasteiger partial charge in [0, 0.05) is 24.9 Å². The molecule has 1 heterocycles. The van der Waals surface area contributed by atoms with Crippen LogP contribution in [0.2, 0.25) is 0 Å². The van der Waals surface area contributed by atoms with Crippen LogP contribution in [0.1, 0.15) is 16.1 Å². The third-order valence-electron chi connectivity index (χ3n) is 2.93. The number of amides is 2. The molecule has 0 atom stereocenters. The van der Waals surface area contributed by atoms with Crippen LogP contribution in [0.3, 0.4) is 0 Å². The van der Waals surface area contributed by atoms with E-state index in [0.29, 0.717) is 10.6 Å². The minimum absolute atomic E-state index is 0.0974. The molecule has 0 saturated heterocycles. The SMILES string of the molecule is CS(=O)(=O)c1cccc(NC(=O)CCNC(=O)c2cccs2)c1. The van der Waals surface area contributed by atoms with Gasteiger partial charge in [-0.2, -0.15) is 0 Å². The van der Waals surface area contributed by atoms with Gasteiger partial charge in [0.05, 0.1) is 9.77 Å². The predicted octanol–water partition coefficient (Wildman–Crippen LogP) is 1.91. The van der Waals surface area contributed by atoms with Crippen molar-refractivity contribution in [2.75, 3.05) is 18.1 Å². The van der Waals surface area contributed by atoms with Crippen molar-refractivity contribution in [3.05, 3.63) is 46.7 Å². The van der Waals surface area contributed by atoms with Gasteiger partial charge in [-0.3, -0.25) is 9.59 Å². The molecule has 2 N–H and O–H groups in total. The zero-order chi connectivity index (χ0) is 16.9. The lowest BCUT2D eigenvalue weighted by Crippen LogP contribution is -2.27. The van der Waals surface area contributed by atoms with Crippen molar-refractivity contribution in [3.8, 4) is 0 Å². The molecule has 0 bridgehead atoms. The average molecular weight is 352 g/mol. The Kier molecular flexibility index (Phi) is 5.51. The molecule has 2 aromatic rings. The number of rotatable bonds is 6. The molecule has 2 amide bonds. The second-order valence-corrected chi connectivity index (χ2v) is 7.79. The van der Waals surface area contributed by atoms with Gasteiger partial charge in [-0.1, -0.05) is 12.1 Å². The van der Waals surface area contributed by atoms with E-state index in [-0.39, 0.29) is 29.7 Å². The monoisotopic (exact) mass is 352 g/mol. The minimum Gasteiger partial charge on any atom is -0.351 e. The molecule has 0 spiro atoms. The highest BCUT2D eigenvalue weighted by Crippen LogP contribution is 2.15. The van der Waals surface area contributed by atoms with Crippen LogP contribution in [0.15, 0.2) is 46.7 Å². The third-order valence-corrected chi connectivity index (χ3v) is 4.91. The Morgan fingerprint density at radius 2 is 1.96 bits per heavy atom. The first kappa shape index (κ1) is 17.2. The van der Waals surface area contributed by atoms with Crippen molar-refractivity contribution in [2.24, 2.45) is 0 Å². The summed E-state index contributed by atoms with van der Waals surface area (Å²) in [6.45, 7) is 0.203. The number of hydrogen-bond acceptors (Lipinski definition) is 5. The lowest BCUT2D eigenvalue weighted by molar-refractivity contribution is -0.116. The predicted molar refractivity (Wildman–Crippen MR) is 89.5 cm³/mol. The number of carbonyl (C=O) groups is 2. The minimum atomic E-state index is -3.32. The van der Waals surface area contributed by atoms with Crippen LogP contribution in [0.5, 0.6) is 0 Å². The zero-order valence-corrected chi connectivity index (χ0v) is 14.0. The summed E-state index contributed by atoms with van der Waals surface area (Å²) in [5, 5.41) is 7.06. The van der Waals surface area contributed by atoms with E-state index in [4.69, 9.17) is 0 Å². The summed E-state index contributed by atoms with van der Waals surface area (Å²) >= 11 is 1.33. The van der Waals surface area contributed by atoms with E-state index in [9.17, 15) is 18.0 Å². The molecule has 0 unspecified atom stereocenters. The Morgan fingerprint density at radius 3 is 2.61 bits per heavy atom. The fourth-order valence-corrected chi connectivity index (χ4v) is 3.12. The molecule has 6 nitrogen and oxygen atoms in total. The van der Waals surface area contributed by atoms with Crippen LogP contribution in [0, 0.1) is 0 Å². The molecule has 0 radical (unpaired) electrons. The maximum atomic E-state index is 11.8. The molecule has 0 aliphatic rings. The van der Waals surface area contributed by atoms with E-state index < -0.39 is 9.84 Å². The first-order valence-corrected chi connectivity index (χ1v) is 9.55. The molecule has 0 aliphatic heterocycles. The first-order chi connectivity index (χ1) is 10.9. The standard InChI is InChI=1S/C15H16N2O4S2/c1-23(20,21)12-5-2-4-11(10-12)17-14(18)7-8-16-15(19)13-6-3-9-22-13/h2-6,9-10H,7-8H2,1H3,(H,16,19)(H,17,18). The van der Waals surface area contributed by atoms with Crippen LogP contribution in [-0.4, -0.2) is 33.0 Å². The Bertz CT molecular complexity index is 799. The van der Waals surface area contributed by atoms with E-state index in [1.165, 1.54) is 23.5 Å². The second kappa shape index (κ2) is 7.38. The zero-order valence-electron chi connectivity index (χ0n) is 12.4. The molecule has 1 aromatic heterocycles. The molecule has 8 heteroatoms. The summed E-state index contributed by atoms with van der Waals surface area (Å²) in [6, 6.07) is 9.52. The summed E-state index contributed by atoms with van der Waals surface area (Å²) in [4.78, 5) is 24.3. The molecular formula is C15H16N2O4S2. The second-order valence-electron chi connectivity index (χ2n) is 4.83. The van der Waals surface area contributed by atoms with Gasteiger partial charge < -0.3 is 10.6 Å². The van der Waals surface area contributed by atoms with Crippen molar-refractivity contribution in [3.63, 3.8) is 0 Å². The van der Waals surface area contributed by atoms with E-state index in [2.05, 4.69) is 10.6 Å². The van der Waals surface area contributed by atoms with Crippen LogP contribution in [0.25, 0.3) is 0 Å². The summed E-state index contributed by atoms with van der Waals surface area (Å²) in [6.07, 6.45) is 1.20. The summed E-state index contributed by atoms with van der Waals surface area (Å²) in [7, 11) is -3.32. The van der Waals surface area contributed by atoms with Gasteiger partial charge in [0.2, 0.25) is 5.91 Å². The molecule has 0 saturated carbocycles. The Balaban J connectivity index is 1.84. The topological polar surface area (TPSA) is 92.3 Å². The van der Waals surface area contributed by atoms with Gasteiger partial charge in [0.25, 0.3) is 5.91 Å². The number of sulfone groups is 1. The van der Waals surface area contributed by atoms with Gasteiger partial charge in [0.1, 0.15) is 0 Å². The Morgan fingerprint density at radius 1 is 1.17 bits per heavy atom. The highest BCUT2D eigenvalue weighted by Gasteiger charge is 2.10. The average Bonchev–Trinajstić information content (AvgIpc) is 3.00. The highest BCUT2D eigenvalue weighted by molar-refractivity contribution is 7.90. The van der Waals surface area contributed by atoms with Crippen molar-refractivity contribution in [1.82, 2.24) is 5.32 Å². The van der Waals surface area contributed by atoms with Gasteiger partial charge in [0.15, 0.2) is 9.84 Å². The highest BCUT2D eigenvalue weighted by atomic mass is 32.2. The maximum absolute atomic E-state index is 11.8. The van der Waals surface area contributed by atoms with E-state index in [1.54, 1.807) is 29.6 Å². The van der Waals surface area contributed by atoms with Crippen LogP contribution >= 0.6 is 11.3 Å². The summed E-state index contributed by atoms with van der Waals surface area (Å²) < 4.78 is 22.9. The van der Waals surface area contributed by atoms with Crippen LogP contribution in [0.4, 0.5) is 5.69 Å². The maximum Gasteiger partial charge on any atom is 0.261 e. The Labute approximate surface area is 138 Å². The van der Waals surface area contributed by atoms with E-state index >= 15 is 0 Å². The van der Waals surface area contributed by atoms with Gasteiger partial charge >= 0.3 is 0 Å². The summed E-state index contributed by atoms with van der Waals surface area (Å²) in [5.74, 6) is -0.519. The number of benzene rings is 1. The first-order valence-electron chi connectivity index (χ1n) is 6.78. The normalized spacial score (nSPS) is 11.0. The molecule has 2 rings (SSSR count). The quantitative estimate of drug-likeness (QED) is 0.831. The molecule has 23 heavy (non-hydrogen) atoms. The number of nitrogens with one attached hydrogen (secondary N) is 2. The van der Waals surface area contributed by atoms with Crippen LogP contribution < -0.4 is 10.6 Å². The smallest absolute Gasteiger partial charge is 0.261 e. The molecular weight excluding hydrogens is 336 g/mol. The summed E-state index contributed by atoms with van der Waals surface area (Å²) in [5.41, 5.74) is 0.405. The molecule has 0 fully saturated rings.